The molecule has 22 heavy (non-hydrogen) atoms. The largest absolute Gasteiger partial charge is 0.496 e. The van der Waals surface area contributed by atoms with Crippen molar-refractivity contribution < 1.29 is 19.1 Å². The quantitative estimate of drug-likeness (QED) is 0.782. The van der Waals surface area contributed by atoms with Crippen LogP contribution in [0.1, 0.15) is 25.8 Å². The maximum absolute atomic E-state index is 12.2. The van der Waals surface area contributed by atoms with Crippen molar-refractivity contribution in [2.45, 2.75) is 32.7 Å². The van der Waals surface area contributed by atoms with Gasteiger partial charge in [0.15, 0.2) is 0 Å². The fourth-order valence-corrected chi connectivity index (χ4v) is 2.22. The zero-order valence-electron chi connectivity index (χ0n) is 13.3. The summed E-state index contributed by atoms with van der Waals surface area (Å²) < 4.78 is 9.96. The molecule has 0 fully saturated rings. The van der Waals surface area contributed by atoms with Crippen LogP contribution in [0.3, 0.4) is 0 Å². The van der Waals surface area contributed by atoms with E-state index in [1.807, 2.05) is 13.8 Å². The molecule has 0 spiro atoms. The molecule has 0 bridgehead atoms. The molecule has 1 amide bonds. The smallest absolute Gasteiger partial charge is 0.328 e. The number of esters is 1. The van der Waals surface area contributed by atoms with Crippen molar-refractivity contribution in [3.05, 3.63) is 28.8 Å². The summed E-state index contributed by atoms with van der Waals surface area (Å²) in [4.78, 5) is 24.0. The van der Waals surface area contributed by atoms with Crippen molar-refractivity contribution in [1.82, 2.24) is 5.32 Å². The minimum Gasteiger partial charge on any atom is -0.496 e. The minimum absolute atomic E-state index is 0.0106. The third-order valence-electron chi connectivity index (χ3n) is 3.58. The highest BCUT2D eigenvalue weighted by Crippen LogP contribution is 2.23. The van der Waals surface area contributed by atoms with E-state index in [4.69, 9.17) is 21.1 Å². The molecular weight excluding hydrogens is 306 g/mol. The number of hydrogen-bond donors (Lipinski definition) is 1. The minimum atomic E-state index is -0.652. The number of methoxy groups -OCH3 is 2. The first-order chi connectivity index (χ1) is 10.4. The average molecular weight is 328 g/mol. The lowest BCUT2D eigenvalue weighted by Crippen LogP contribution is -2.46. The molecule has 2 atom stereocenters. The van der Waals surface area contributed by atoms with Gasteiger partial charge in [0.05, 0.1) is 20.6 Å². The van der Waals surface area contributed by atoms with Gasteiger partial charge in [0.2, 0.25) is 5.91 Å². The van der Waals surface area contributed by atoms with Gasteiger partial charge in [0, 0.05) is 10.6 Å². The number of halogens is 1. The molecule has 0 aromatic heterocycles. The molecule has 0 aliphatic heterocycles. The highest BCUT2D eigenvalue weighted by atomic mass is 35.5. The molecule has 0 radical (unpaired) electrons. The van der Waals surface area contributed by atoms with Crippen LogP contribution in [-0.2, 0) is 20.7 Å². The Morgan fingerprint density at radius 2 is 2.00 bits per heavy atom. The van der Waals surface area contributed by atoms with Crippen LogP contribution in [0.2, 0.25) is 5.02 Å². The molecule has 0 heterocycles. The number of carbonyl (C=O) groups is 2. The van der Waals surface area contributed by atoms with Gasteiger partial charge in [-0.15, -0.1) is 0 Å². The van der Waals surface area contributed by atoms with Crippen molar-refractivity contribution in [1.29, 1.82) is 0 Å². The fourth-order valence-electron chi connectivity index (χ4n) is 2.06. The average Bonchev–Trinajstić information content (AvgIpc) is 2.52. The van der Waals surface area contributed by atoms with Crippen LogP contribution in [0.25, 0.3) is 0 Å². The van der Waals surface area contributed by atoms with E-state index >= 15 is 0 Å². The van der Waals surface area contributed by atoms with Gasteiger partial charge < -0.3 is 14.8 Å². The maximum Gasteiger partial charge on any atom is 0.328 e. The summed E-state index contributed by atoms with van der Waals surface area (Å²) >= 11 is 5.90. The van der Waals surface area contributed by atoms with E-state index in [0.29, 0.717) is 16.3 Å². The van der Waals surface area contributed by atoms with E-state index in [1.165, 1.54) is 14.2 Å². The lowest BCUT2D eigenvalue weighted by atomic mass is 9.99. The van der Waals surface area contributed by atoms with Gasteiger partial charge in [0.1, 0.15) is 11.8 Å². The number of hydrogen-bond acceptors (Lipinski definition) is 4. The molecule has 122 valence electrons. The second-order valence-corrected chi connectivity index (χ2v) is 5.52. The van der Waals surface area contributed by atoms with Gasteiger partial charge in [-0.3, -0.25) is 4.79 Å². The van der Waals surface area contributed by atoms with E-state index in [2.05, 4.69) is 5.32 Å². The summed E-state index contributed by atoms with van der Waals surface area (Å²) in [6, 6.07) is 4.42. The van der Waals surface area contributed by atoms with Crippen molar-refractivity contribution >= 4 is 23.5 Å². The molecule has 0 saturated heterocycles. The molecular formula is C16H22ClNO4. The van der Waals surface area contributed by atoms with E-state index in [0.717, 1.165) is 6.42 Å². The van der Waals surface area contributed by atoms with Crippen molar-refractivity contribution in [3.63, 3.8) is 0 Å². The van der Waals surface area contributed by atoms with E-state index in [1.54, 1.807) is 18.2 Å². The predicted molar refractivity (Wildman–Crippen MR) is 85.1 cm³/mol. The maximum atomic E-state index is 12.2. The molecule has 0 unspecified atom stereocenters. The van der Waals surface area contributed by atoms with Crippen molar-refractivity contribution in [3.8, 4) is 5.75 Å². The Morgan fingerprint density at radius 1 is 1.32 bits per heavy atom. The topological polar surface area (TPSA) is 64.6 Å². The number of carbonyl (C=O) groups excluding carboxylic acids is 2. The Balaban J connectivity index is 2.81. The Bertz CT molecular complexity index is 533. The van der Waals surface area contributed by atoms with E-state index in [-0.39, 0.29) is 18.2 Å². The van der Waals surface area contributed by atoms with Gasteiger partial charge in [-0.05, 0) is 18.1 Å². The number of amides is 1. The lowest BCUT2D eigenvalue weighted by molar-refractivity contribution is -0.146. The molecule has 0 aliphatic carbocycles. The Kier molecular flexibility index (Phi) is 7.18. The second-order valence-electron chi connectivity index (χ2n) is 5.09. The molecule has 1 rings (SSSR count). The zero-order valence-corrected chi connectivity index (χ0v) is 14.1. The van der Waals surface area contributed by atoms with Crippen LogP contribution >= 0.6 is 11.6 Å². The summed E-state index contributed by atoms with van der Waals surface area (Å²) in [6.07, 6.45) is 0.856. The van der Waals surface area contributed by atoms with Crippen LogP contribution in [0.15, 0.2) is 18.2 Å². The summed E-state index contributed by atoms with van der Waals surface area (Å²) in [5.41, 5.74) is 0.706. The SMILES string of the molecule is CC[C@H](C)[C@H](NC(=O)Cc1ccc(Cl)cc1OC)C(=O)OC. The number of ether oxygens (including phenoxy) is 2. The van der Waals surface area contributed by atoms with Gasteiger partial charge in [-0.2, -0.15) is 0 Å². The normalized spacial score (nSPS) is 13.1. The summed E-state index contributed by atoms with van der Waals surface area (Å²) in [7, 11) is 2.83. The first kappa shape index (κ1) is 18.3. The highest BCUT2D eigenvalue weighted by molar-refractivity contribution is 6.30. The summed E-state index contributed by atoms with van der Waals surface area (Å²) in [6.45, 7) is 3.85. The summed E-state index contributed by atoms with van der Waals surface area (Å²) in [5.74, 6) is -0.175. The molecule has 0 aliphatic rings. The van der Waals surface area contributed by atoms with Crippen LogP contribution in [0.5, 0.6) is 5.75 Å². The Labute approximate surface area is 135 Å². The Morgan fingerprint density at radius 3 is 2.55 bits per heavy atom. The van der Waals surface area contributed by atoms with Crippen LogP contribution in [0.4, 0.5) is 0 Å². The summed E-state index contributed by atoms with van der Waals surface area (Å²) in [5, 5.41) is 3.27. The third kappa shape index (κ3) is 4.91. The molecule has 1 N–H and O–H groups in total. The first-order valence-electron chi connectivity index (χ1n) is 7.12. The molecule has 6 heteroatoms. The molecule has 5 nitrogen and oxygen atoms in total. The third-order valence-corrected chi connectivity index (χ3v) is 3.82. The second kappa shape index (κ2) is 8.63. The van der Waals surface area contributed by atoms with E-state index in [9.17, 15) is 9.59 Å². The predicted octanol–water partition coefficient (Wildman–Crippen LogP) is 2.60. The van der Waals surface area contributed by atoms with Crippen LogP contribution < -0.4 is 10.1 Å². The van der Waals surface area contributed by atoms with Crippen molar-refractivity contribution in [2.24, 2.45) is 5.92 Å². The molecule has 1 aromatic rings. The number of rotatable bonds is 7. The van der Waals surface area contributed by atoms with Crippen LogP contribution in [0, 0.1) is 5.92 Å². The number of nitrogens with one attached hydrogen (secondary N) is 1. The number of benzene rings is 1. The standard InChI is InChI=1S/C16H22ClNO4/c1-5-10(2)15(16(20)22-4)18-14(19)8-11-6-7-12(17)9-13(11)21-3/h6-7,9-10,15H,5,8H2,1-4H3,(H,18,19)/t10-,15-/m0/s1. The van der Waals surface area contributed by atoms with Gasteiger partial charge in [-0.1, -0.05) is 37.9 Å². The van der Waals surface area contributed by atoms with Gasteiger partial charge in [-0.25, -0.2) is 4.79 Å². The van der Waals surface area contributed by atoms with Crippen molar-refractivity contribution in [2.75, 3.05) is 14.2 Å². The molecule has 0 saturated carbocycles. The van der Waals surface area contributed by atoms with Crippen LogP contribution in [-0.4, -0.2) is 32.1 Å². The fraction of sp³-hybridized carbons (Fsp3) is 0.500. The highest BCUT2D eigenvalue weighted by Gasteiger charge is 2.26. The lowest BCUT2D eigenvalue weighted by Gasteiger charge is -2.22. The first-order valence-corrected chi connectivity index (χ1v) is 7.50. The monoisotopic (exact) mass is 327 g/mol. The van der Waals surface area contributed by atoms with E-state index < -0.39 is 12.0 Å². The Hall–Kier alpha value is -1.75. The van der Waals surface area contributed by atoms with Gasteiger partial charge in [0.25, 0.3) is 0 Å². The van der Waals surface area contributed by atoms with Gasteiger partial charge >= 0.3 is 5.97 Å². The molecule has 1 aromatic carbocycles. The zero-order chi connectivity index (χ0) is 16.7.